The molecule has 0 amide bonds. The number of benzene rings is 10. The number of rotatable bonds is 8. The second kappa shape index (κ2) is 16.3. The van der Waals surface area contributed by atoms with Crippen molar-refractivity contribution in [3.63, 3.8) is 0 Å². The van der Waals surface area contributed by atoms with Gasteiger partial charge < -0.3 is 0 Å². The number of nitrogens with zero attached hydrogens (tertiary/aromatic N) is 4. The SMILES string of the molecule is N#Cc1cc(-c2cccc(-c3nc(-c4ccccc4)nc(-c4cccc(-c5ccccc5)c4)n3)c2)ccc1-c1ccccc1-c1cccc(-c2ccc3cccc4c3c2-c2ccccc2-4)c1. The fourth-order valence-electron chi connectivity index (χ4n) is 9.59. The first-order chi connectivity index (χ1) is 32.7. The minimum Gasteiger partial charge on any atom is -0.208 e. The zero-order valence-electron chi connectivity index (χ0n) is 35.7. The van der Waals surface area contributed by atoms with E-state index in [0.29, 0.717) is 23.0 Å². The molecule has 4 nitrogen and oxygen atoms in total. The van der Waals surface area contributed by atoms with Crippen LogP contribution in [0.4, 0.5) is 0 Å². The van der Waals surface area contributed by atoms with Gasteiger partial charge in [-0.3, -0.25) is 0 Å². The van der Waals surface area contributed by atoms with E-state index in [0.717, 1.165) is 66.8 Å². The lowest BCUT2D eigenvalue weighted by Gasteiger charge is -2.15. The normalized spacial score (nSPS) is 11.3. The van der Waals surface area contributed by atoms with Gasteiger partial charge in [-0.05, 0) is 107 Å². The quantitative estimate of drug-likeness (QED) is 0.153. The summed E-state index contributed by atoms with van der Waals surface area (Å²) in [4.78, 5) is 15.1. The van der Waals surface area contributed by atoms with E-state index in [1.165, 1.54) is 38.6 Å². The van der Waals surface area contributed by atoms with Crippen molar-refractivity contribution in [1.29, 1.82) is 5.26 Å². The van der Waals surface area contributed by atoms with E-state index >= 15 is 0 Å². The van der Waals surface area contributed by atoms with Gasteiger partial charge in [-0.1, -0.05) is 206 Å². The molecule has 0 saturated heterocycles. The molecular weight excluding hydrogens is 801 g/mol. The van der Waals surface area contributed by atoms with Crippen LogP contribution in [-0.4, -0.2) is 15.0 Å². The molecule has 0 atom stereocenters. The summed E-state index contributed by atoms with van der Waals surface area (Å²) >= 11 is 0. The molecular formula is C62H38N4. The highest BCUT2D eigenvalue weighted by Crippen LogP contribution is 2.51. The molecule has 0 saturated carbocycles. The summed E-state index contributed by atoms with van der Waals surface area (Å²) in [6.07, 6.45) is 0. The molecule has 10 aromatic carbocycles. The van der Waals surface area contributed by atoms with E-state index in [4.69, 9.17) is 15.0 Å². The minimum atomic E-state index is 0.571. The van der Waals surface area contributed by atoms with Gasteiger partial charge in [0, 0.05) is 22.3 Å². The van der Waals surface area contributed by atoms with E-state index < -0.39 is 0 Å². The molecule has 11 aromatic rings. The van der Waals surface area contributed by atoms with Gasteiger partial charge in [0.2, 0.25) is 0 Å². The first-order valence-corrected chi connectivity index (χ1v) is 22.1. The molecule has 66 heavy (non-hydrogen) atoms. The van der Waals surface area contributed by atoms with Crippen LogP contribution < -0.4 is 0 Å². The summed E-state index contributed by atoms with van der Waals surface area (Å²) < 4.78 is 0. The van der Waals surface area contributed by atoms with Crippen molar-refractivity contribution in [2.45, 2.75) is 0 Å². The van der Waals surface area contributed by atoms with Crippen LogP contribution in [-0.2, 0) is 0 Å². The molecule has 306 valence electrons. The van der Waals surface area contributed by atoms with E-state index in [-0.39, 0.29) is 0 Å². The van der Waals surface area contributed by atoms with Crippen LogP contribution in [0.2, 0.25) is 0 Å². The summed E-state index contributed by atoms with van der Waals surface area (Å²) in [6, 6.07) is 82.7. The highest BCUT2D eigenvalue weighted by molar-refractivity contribution is 6.19. The molecule has 0 unspecified atom stereocenters. The predicted molar refractivity (Wildman–Crippen MR) is 270 cm³/mol. The lowest BCUT2D eigenvalue weighted by Crippen LogP contribution is -2.00. The number of hydrogen-bond acceptors (Lipinski definition) is 4. The van der Waals surface area contributed by atoms with Crippen molar-refractivity contribution in [3.05, 3.63) is 236 Å². The third-order valence-electron chi connectivity index (χ3n) is 12.7. The predicted octanol–water partition coefficient (Wildman–Crippen LogP) is 15.9. The third kappa shape index (κ3) is 6.84. The second-order valence-corrected chi connectivity index (χ2v) is 16.6. The zero-order chi connectivity index (χ0) is 44.0. The van der Waals surface area contributed by atoms with E-state index in [9.17, 15) is 5.26 Å². The Balaban J connectivity index is 0.907. The van der Waals surface area contributed by atoms with Crippen molar-refractivity contribution >= 4 is 10.8 Å². The summed E-state index contributed by atoms with van der Waals surface area (Å²) in [5.41, 5.74) is 18.9. The fourth-order valence-corrected chi connectivity index (χ4v) is 9.59. The Kier molecular flexibility index (Phi) is 9.51. The molecule has 1 heterocycles. The van der Waals surface area contributed by atoms with Crippen LogP contribution in [0, 0.1) is 11.3 Å². The largest absolute Gasteiger partial charge is 0.208 e. The highest BCUT2D eigenvalue weighted by atomic mass is 15.0. The Morgan fingerprint density at radius 3 is 1.38 bits per heavy atom. The van der Waals surface area contributed by atoms with Crippen molar-refractivity contribution in [1.82, 2.24) is 15.0 Å². The van der Waals surface area contributed by atoms with Crippen molar-refractivity contribution in [3.8, 4) is 118 Å². The summed E-state index contributed by atoms with van der Waals surface area (Å²) in [5.74, 6) is 1.77. The number of aromatic nitrogens is 3. The average Bonchev–Trinajstić information content (AvgIpc) is 3.74. The second-order valence-electron chi connectivity index (χ2n) is 16.6. The van der Waals surface area contributed by atoms with Crippen LogP contribution in [0.5, 0.6) is 0 Å². The first kappa shape index (κ1) is 38.6. The standard InChI is InChI=1S/C62H38N4/c63-39-50-37-45(44-21-12-25-49(36-44)62-65-60(42-17-5-2-6-18-42)64-61(66-62)48-24-11-20-43(35-48)40-15-3-1-4-16-40)32-33-52(50)54-27-8-7-26-51(54)46-22-13-23-47(38-46)53-34-31-41-19-14-30-56-55-28-9-10-29-57(55)59(53)58(41)56/h1-38H. The minimum absolute atomic E-state index is 0.571. The maximum atomic E-state index is 10.8. The smallest absolute Gasteiger partial charge is 0.164 e. The van der Waals surface area contributed by atoms with E-state index in [1.54, 1.807) is 0 Å². The van der Waals surface area contributed by atoms with Crippen LogP contribution in [0.25, 0.3) is 123 Å². The molecule has 1 aromatic heterocycles. The Hall–Kier alpha value is -9.04. The van der Waals surface area contributed by atoms with E-state index in [1.807, 2.05) is 84.9 Å². The number of fused-ring (bicyclic) bond motifs is 3. The molecule has 4 heteroatoms. The summed E-state index contributed by atoms with van der Waals surface area (Å²) in [7, 11) is 0. The van der Waals surface area contributed by atoms with Crippen molar-refractivity contribution in [2.75, 3.05) is 0 Å². The molecule has 0 fully saturated rings. The summed E-state index contributed by atoms with van der Waals surface area (Å²) in [6.45, 7) is 0. The third-order valence-corrected chi connectivity index (χ3v) is 12.7. The first-order valence-electron chi connectivity index (χ1n) is 22.1. The lowest BCUT2D eigenvalue weighted by molar-refractivity contribution is 1.07. The molecule has 1 aliphatic rings. The zero-order valence-corrected chi connectivity index (χ0v) is 35.7. The maximum Gasteiger partial charge on any atom is 0.164 e. The lowest BCUT2D eigenvalue weighted by atomic mass is 9.88. The monoisotopic (exact) mass is 838 g/mol. The van der Waals surface area contributed by atoms with Crippen LogP contribution in [0.3, 0.4) is 0 Å². The van der Waals surface area contributed by atoms with E-state index in [2.05, 4.69) is 152 Å². The van der Waals surface area contributed by atoms with Gasteiger partial charge in [-0.25, -0.2) is 15.0 Å². The molecule has 0 N–H and O–H groups in total. The molecule has 1 aliphatic carbocycles. The van der Waals surface area contributed by atoms with Gasteiger partial charge in [-0.2, -0.15) is 5.26 Å². The average molecular weight is 839 g/mol. The number of hydrogen-bond donors (Lipinski definition) is 0. The number of nitriles is 1. The molecule has 12 rings (SSSR count). The highest BCUT2D eigenvalue weighted by Gasteiger charge is 2.24. The van der Waals surface area contributed by atoms with Gasteiger partial charge in [-0.15, -0.1) is 0 Å². The molecule has 0 bridgehead atoms. The van der Waals surface area contributed by atoms with Gasteiger partial charge in [0.05, 0.1) is 11.6 Å². The molecule has 0 aliphatic heterocycles. The van der Waals surface area contributed by atoms with Crippen LogP contribution >= 0.6 is 0 Å². The van der Waals surface area contributed by atoms with Gasteiger partial charge >= 0.3 is 0 Å². The van der Waals surface area contributed by atoms with Gasteiger partial charge in [0.15, 0.2) is 17.5 Å². The molecule has 0 radical (unpaired) electrons. The maximum absolute atomic E-state index is 10.8. The Morgan fingerprint density at radius 2 is 0.712 bits per heavy atom. The fraction of sp³-hybridized carbons (Fsp3) is 0. The molecule has 0 spiro atoms. The van der Waals surface area contributed by atoms with Crippen LogP contribution in [0.15, 0.2) is 231 Å². The van der Waals surface area contributed by atoms with Gasteiger partial charge in [0.25, 0.3) is 0 Å². The van der Waals surface area contributed by atoms with Crippen molar-refractivity contribution < 1.29 is 0 Å². The van der Waals surface area contributed by atoms with Crippen molar-refractivity contribution in [2.24, 2.45) is 0 Å². The Morgan fingerprint density at radius 1 is 0.273 bits per heavy atom. The summed E-state index contributed by atoms with van der Waals surface area (Å²) in [5, 5.41) is 13.3. The Labute approximate surface area is 383 Å². The van der Waals surface area contributed by atoms with Gasteiger partial charge in [0.1, 0.15) is 0 Å². The topological polar surface area (TPSA) is 62.5 Å². The van der Waals surface area contributed by atoms with Crippen LogP contribution in [0.1, 0.15) is 5.56 Å². The Bertz CT molecular complexity index is 3720.